The number of rotatable bonds is 5. The van der Waals surface area contributed by atoms with Gasteiger partial charge in [-0.05, 0) is 29.8 Å². The summed E-state index contributed by atoms with van der Waals surface area (Å²) in [5.41, 5.74) is 2.09. The molecule has 1 aromatic heterocycles. The van der Waals surface area contributed by atoms with Gasteiger partial charge in [0.15, 0.2) is 23.0 Å². The van der Waals surface area contributed by atoms with Gasteiger partial charge in [0.2, 0.25) is 0 Å². The van der Waals surface area contributed by atoms with Gasteiger partial charge in [0.25, 0.3) is 0 Å². The van der Waals surface area contributed by atoms with E-state index in [1.54, 1.807) is 57.5 Å². The number of fused-ring (bicyclic) bond motifs is 1. The molecule has 1 heterocycles. The zero-order valence-electron chi connectivity index (χ0n) is 13.7. The van der Waals surface area contributed by atoms with Gasteiger partial charge in [0.05, 0.1) is 20.6 Å². The van der Waals surface area contributed by atoms with Crippen LogP contribution in [0.1, 0.15) is 11.5 Å². The molecule has 0 unspecified atom stereocenters. The van der Waals surface area contributed by atoms with Crippen LogP contribution in [0.25, 0.3) is 11.1 Å². The summed E-state index contributed by atoms with van der Waals surface area (Å²) in [5.74, 6) is 1.79. The molecule has 6 nitrogen and oxygen atoms in total. The lowest BCUT2D eigenvalue weighted by atomic mass is 10.1. The molecule has 124 valence electrons. The summed E-state index contributed by atoms with van der Waals surface area (Å²) < 4.78 is 21.2. The highest BCUT2D eigenvalue weighted by Crippen LogP contribution is 2.28. The molecule has 0 aliphatic carbocycles. The Morgan fingerprint density at radius 1 is 1.08 bits per heavy atom. The Morgan fingerprint density at radius 3 is 2.62 bits per heavy atom. The van der Waals surface area contributed by atoms with E-state index in [0.29, 0.717) is 28.7 Å². The van der Waals surface area contributed by atoms with E-state index in [-0.39, 0.29) is 12.4 Å². The molecule has 0 saturated heterocycles. The van der Waals surface area contributed by atoms with Gasteiger partial charge in [-0.2, -0.15) is 0 Å². The van der Waals surface area contributed by atoms with Gasteiger partial charge >= 0.3 is 5.97 Å². The fourth-order valence-corrected chi connectivity index (χ4v) is 2.41. The predicted molar refractivity (Wildman–Crippen MR) is 87.6 cm³/mol. The number of nitrogens with zero attached hydrogens (tertiary/aromatic N) is 1. The molecule has 2 aromatic carbocycles. The van der Waals surface area contributed by atoms with Crippen molar-refractivity contribution in [2.75, 3.05) is 14.2 Å². The molecule has 0 spiro atoms. The molecule has 24 heavy (non-hydrogen) atoms. The Balaban J connectivity index is 1.72. The summed E-state index contributed by atoms with van der Waals surface area (Å²) in [6.45, 7) is 1.77. The maximum absolute atomic E-state index is 12.1. The van der Waals surface area contributed by atoms with Gasteiger partial charge in [-0.25, -0.2) is 4.98 Å². The second-order valence-electron chi connectivity index (χ2n) is 5.20. The SMILES string of the molecule is COc1ccc(CC(=O)Oc2ccc3nc(C)oc3c2)cc1OC. The number of benzene rings is 2. The van der Waals surface area contributed by atoms with E-state index in [9.17, 15) is 4.79 Å². The van der Waals surface area contributed by atoms with Crippen molar-refractivity contribution < 1.29 is 23.4 Å². The van der Waals surface area contributed by atoms with Crippen molar-refractivity contribution in [1.82, 2.24) is 4.98 Å². The maximum atomic E-state index is 12.1. The highest BCUT2D eigenvalue weighted by molar-refractivity contribution is 5.79. The number of ether oxygens (including phenoxy) is 3. The summed E-state index contributed by atoms with van der Waals surface area (Å²) in [5, 5.41) is 0. The van der Waals surface area contributed by atoms with Gasteiger partial charge in [-0.1, -0.05) is 6.07 Å². The Bertz CT molecular complexity index is 884. The second-order valence-corrected chi connectivity index (χ2v) is 5.20. The number of carbonyl (C=O) groups is 1. The monoisotopic (exact) mass is 327 g/mol. The molecule has 0 radical (unpaired) electrons. The van der Waals surface area contributed by atoms with E-state index in [4.69, 9.17) is 18.6 Å². The zero-order valence-corrected chi connectivity index (χ0v) is 13.7. The Kier molecular flexibility index (Phi) is 4.37. The third-order valence-corrected chi connectivity index (χ3v) is 3.49. The lowest BCUT2D eigenvalue weighted by Gasteiger charge is -2.09. The average molecular weight is 327 g/mol. The summed E-state index contributed by atoms with van der Waals surface area (Å²) >= 11 is 0. The number of hydrogen-bond acceptors (Lipinski definition) is 6. The first kappa shape index (κ1) is 15.9. The molecule has 0 bridgehead atoms. The first-order valence-corrected chi connectivity index (χ1v) is 7.38. The number of aryl methyl sites for hydroxylation is 1. The Labute approximate surface area is 139 Å². The highest BCUT2D eigenvalue weighted by atomic mass is 16.5. The van der Waals surface area contributed by atoms with Crippen molar-refractivity contribution in [3.8, 4) is 17.2 Å². The van der Waals surface area contributed by atoms with Crippen LogP contribution in [0, 0.1) is 6.92 Å². The minimum atomic E-state index is -0.377. The van der Waals surface area contributed by atoms with Crippen molar-refractivity contribution in [1.29, 1.82) is 0 Å². The lowest BCUT2D eigenvalue weighted by Crippen LogP contribution is -2.11. The normalized spacial score (nSPS) is 10.6. The van der Waals surface area contributed by atoms with Gasteiger partial charge in [-0.3, -0.25) is 4.79 Å². The van der Waals surface area contributed by atoms with E-state index in [1.165, 1.54) is 0 Å². The molecule has 0 amide bonds. The van der Waals surface area contributed by atoms with Crippen LogP contribution in [-0.2, 0) is 11.2 Å². The zero-order chi connectivity index (χ0) is 17.1. The number of hydrogen-bond donors (Lipinski definition) is 0. The van der Waals surface area contributed by atoms with E-state index < -0.39 is 0 Å². The van der Waals surface area contributed by atoms with Crippen LogP contribution in [0.2, 0.25) is 0 Å². The number of esters is 1. The summed E-state index contributed by atoms with van der Waals surface area (Å²) in [7, 11) is 3.11. The van der Waals surface area contributed by atoms with E-state index in [0.717, 1.165) is 11.1 Å². The number of carbonyl (C=O) groups excluding carboxylic acids is 1. The van der Waals surface area contributed by atoms with Gasteiger partial charge in [0.1, 0.15) is 11.3 Å². The molecule has 0 aliphatic rings. The van der Waals surface area contributed by atoms with E-state index in [2.05, 4.69) is 4.98 Å². The molecule has 0 fully saturated rings. The van der Waals surface area contributed by atoms with E-state index >= 15 is 0 Å². The van der Waals surface area contributed by atoms with Gasteiger partial charge in [0, 0.05) is 13.0 Å². The van der Waals surface area contributed by atoms with Gasteiger partial charge in [-0.15, -0.1) is 0 Å². The van der Waals surface area contributed by atoms with Gasteiger partial charge < -0.3 is 18.6 Å². The standard InChI is InChI=1S/C18H17NO5/c1-11-19-14-6-5-13(10-16(14)23-11)24-18(20)9-12-4-7-15(21-2)17(8-12)22-3/h4-8,10H,9H2,1-3H3. The fourth-order valence-electron chi connectivity index (χ4n) is 2.41. The van der Waals surface area contributed by atoms with Crippen LogP contribution in [0.4, 0.5) is 0 Å². The topological polar surface area (TPSA) is 70.8 Å². The second kappa shape index (κ2) is 6.62. The summed E-state index contributed by atoms with van der Waals surface area (Å²) in [6.07, 6.45) is 0.119. The fraction of sp³-hybridized carbons (Fsp3) is 0.222. The summed E-state index contributed by atoms with van der Waals surface area (Å²) in [4.78, 5) is 16.3. The van der Waals surface area contributed by atoms with Crippen LogP contribution in [-0.4, -0.2) is 25.2 Å². The predicted octanol–water partition coefficient (Wildman–Crippen LogP) is 3.30. The largest absolute Gasteiger partial charge is 0.493 e. The first-order chi connectivity index (χ1) is 11.6. The quantitative estimate of drug-likeness (QED) is 0.529. The van der Waals surface area contributed by atoms with Crippen LogP contribution >= 0.6 is 0 Å². The molecular formula is C18H17NO5. The van der Waals surface area contributed by atoms with Crippen LogP contribution in [0.15, 0.2) is 40.8 Å². The minimum Gasteiger partial charge on any atom is -0.493 e. The molecule has 0 atom stereocenters. The van der Waals surface area contributed by atoms with Crippen molar-refractivity contribution in [3.05, 3.63) is 47.9 Å². The van der Waals surface area contributed by atoms with Crippen molar-refractivity contribution in [3.63, 3.8) is 0 Å². The minimum absolute atomic E-state index is 0.119. The highest BCUT2D eigenvalue weighted by Gasteiger charge is 2.11. The number of aromatic nitrogens is 1. The molecule has 0 saturated carbocycles. The molecule has 0 N–H and O–H groups in total. The molecule has 6 heteroatoms. The third-order valence-electron chi connectivity index (χ3n) is 3.49. The number of methoxy groups -OCH3 is 2. The third kappa shape index (κ3) is 3.32. The maximum Gasteiger partial charge on any atom is 0.315 e. The van der Waals surface area contributed by atoms with Crippen LogP contribution in [0.5, 0.6) is 17.2 Å². The van der Waals surface area contributed by atoms with Crippen molar-refractivity contribution in [2.24, 2.45) is 0 Å². The Hall–Kier alpha value is -3.02. The molecular weight excluding hydrogens is 310 g/mol. The smallest absolute Gasteiger partial charge is 0.315 e. The molecule has 0 aliphatic heterocycles. The van der Waals surface area contributed by atoms with Crippen LogP contribution in [0.3, 0.4) is 0 Å². The molecule has 3 aromatic rings. The Morgan fingerprint density at radius 2 is 1.88 bits per heavy atom. The number of oxazole rings is 1. The lowest BCUT2D eigenvalue weighted by molar-refractivity contribution is -0.133. The van der Waals surface area contributed by atoms with Crippen LogP contribution < -0.4 is 14.2 Å². The van der Waals surface area contributed by atoms with Crippen molar-refractivity contribution in [2.45, 2.75) is 13.3 Å². The first-order valence-electron chi connectivity index (χ1n) is 7.38. The molecule has 3 rings (SSSR count). The average Bonchev–Trinajstić information content (AvgIpc) is 2.93. The summed E-state index contributed by atoms with van der Waals surface area (Å²) in [6, 6.07) is 10.4. The van der Waals surface area contributed by atoms with Crippen molar-refractivity contribution >= 4 is 17.1 Å². The van der Waals surface area contributed by atoms with E-state index in [1.807, 2.05) is 0 Å².